The van der Waals surface area contributed by atoms with Gasteiger partial charge in [0.1, 0.15) is 23.4 Å². The molecule has 0 aliphatic carbocycles. The fraction of sp³-hybridized carbons (Fsp3) is 0.192. The zero-order valence-corrected chi connectivity index (χ0v) is 19.5. The topological polar surface area (TPSA) is 80.5 Å². The number of nitrogens with zero attached hydrogens (tertiary/aromatic N) is 3. The summed E-state index contributed by atoms with van der Waals surface area (Å²) >= 11 is 6.50. The van der Waals surface area contributed by atoms with E-state index in [9.17, 15) is 9.18 Å². The second kappa shape index (κ2) is 8.39. The fourth-order valence-electron chi connectivity index (χ4n) is 4.69. The lowest BCUT2D eigenvalue weighted by Gasteiger charge is -2.33. The van der Waals surface area contributed by atoms with Gasteiger partial charge >= 0.3 is 6.03 Å². The molecule has 0 saturated carbocycles. The highest BCUT2D eigenvalue weighted by molar-refractivity contribution is 6.32. The minimum absolute atomic E-state index is 0.255. The lowest BCUT2D eigenvalue weighted by Crippen LogP contribution is -2.39. The third-order valence-electron chi connectivity index (χ3n) is 6.43. The van der Waals surface area contributed by atoms with Crippen molar-refractivity contribution in [2.75, 3.05) is 10.2 Å². The van der Waals surface area contributed by atoms with E-state index < -0.39 is 11.9 Å². The van der Waals surface area contributed by atoms with Gasteiger partial charge in [0.05, 0.1) is 41.2 Å². The zero-order chi connectivity index (χ0) is 24.1. The summed E-state index contributed by atoms with van der Waals surface area (Å²) in [4.78, 5) is 23.5. The second-order valence-corrected chi connectivity index (χ2v) is 9.01. The van der Waals surface area contributed by atoms with Crippen LogP contribution in [0, 0.1) is 12.7 Å². The number of rotatable bonds is 3. The molecule has 0 radical (unpaired) electrons. The molecule has 4 aromatic rings. The van der Waals surface area contributed by atoms with Crippen LogP contribution in [0.1, 0.15) is 34.9 Å². The maximum atomic E-state index is 14.3. The molecule has 0 bridgehead atoms. The number of hydrogen-bond donors (Lipinski definition) is 1. The van der Waals surface area contributed by atoms with Crippen molar-refractivity contribution in [3.63, 3.8) is 0 Å². The summed E-state index contributed by atoms with van der Waals surface area (Å²) in [7, 11) is 0. The summed E-state index contributed by atoms with van der Waals surface area (Å²) in [5, 5.41) is 3.41. The number of ether oxygens (including phenoxy) is 1. The van der Waals surface area contributed by atoms with Crippen LogP contribution in [-0.2, 0) is 13.0 Å². The highest BCUT2D eigenvalue weighted by Crippen LogP contribution is 2.42. The number of pyridine rings is 2. The number of carbonyl (C=O) groups is 1. The number of fused-ring (bicyclic) bond motifs is 2. The number of aryl methyl sites for hydroxylation is 2. The van der Waals surface area contributed by atoms with Crippen molar-refractivity contribution in [3.05, 3.63) is 88.5 Å². The van der Waals surface area contributed by atoms with E-state index in [1.54, 1.807) is 42.0 Å². The third-order valence-corrected chi connectivity index (χ3v) is 6.75. The average Bonchev–Trinajstić information content (AvgIpc) is 3.39. The molecule has 0 saturated heterocycles. The smallest absolute Gasteiger partial charge is 0.326 e. The van der Waals surface area contributed by atoms with Crippen LogP contribution >= 0.6 is 11.6 Å². The van der Waals surface area contributed by atoms with Crippen LogP contribution < -0.4 is 15.0 Å². The Morgan fingerprint density at radius 1 is 1.26 bits per heavy atom. The van der Waals surface area contributed by atoms with E-state index >= 15 is 0 Å². The van der Waals surface area contributed by atoms with E-state index in [2.05, 4.69) is 15.3 Å². The fourth-order valence-corrected chi connectivity index (χ4v) is 4.89. The molecular formula is C26H20ClFN4O3. The first-order chi connectivity index (χ1) is 17.0. The molecule has 0 spiro atoms. The lowest BCUT2D eigenvalue weighted by atomic mass is 9.97. The number of carbonyl (C=O) groups excluding carboxylic acids is 1. The summed E-state index contributed by atoms with van der Waals surface area (Å²) in [5.74, 6) is 0.224. The van der Waals surface area contributed by atoms with Gasteiger partial charge in [-0.1, -0.05) is 17.7 Å². The quantitative estimate of drug-likeness (QED) is 0.356. The maximum Gasteiger partial charge on any atom is 0.326 e. The van der Waals surface area contributed by atoms with Crippen LogP contribution in [0.3, 0.4) is 0 Å². The predicted molar refractivity (Wildman–Crippen MR) is 129 cm³/mol. The van der Waals surface area contributed by atoms with Crippen LogP contribution in [0.5, 0.6) is 5.75 Å². The van der Waals surface area contributed by atoms with Crippen molar-refractivity contribution in [2.24, 2.45) is 0 Å². The molecule has 7 nitrogen and oxygen atoms in total. The Kier molecular flexibility index (Phi) is 5.18. The largest absolute Gasteiger partial charge is 0.484 e. The molecule has 2 aliphatic rings. The number of hydrogen-bond acceptors (Lipinski definition) is 5. The van der Waals surface area contributed by atoms with Gasteiger partial charge in [0.25, 0.3) is 0 Å². The number of anilines is 2. The van der Waals surface area contributed by atoms with Gasteiger partial charge in [0.2, 0.25) is 0 Å². The highest BCUT2D eigenvalue weighted by Gasteiger charge is 2.32. The summed E-state index contributed by atoms with van der Waals surface area (Å²) in [6.45, 7) is 2.21. The van der Waals surface area contributed by atoms with Crippen molar-refractivity contribution in [1.82, 2.24) is 9.97 Å². The molecule has 1 unspecified atom stereocenters. The van der Waals surface area contributed by atoms with Crippen LogP contribution in [-0.4, -0.2) is 16.0 Å². The monoisotopic (exact) mass is 490 g/mol. The summed E-state index contributed by atoms with van der Waals surface area (Å²) in [6.07, 6.45) is 7.11. The van der Waals surface area contributed by atoms with Gasteiger partial charge in [-0.15, -0.1) is 0 Å². The number of furan rings is 1. The van der Waals surface area contributed by atoms with Gasteiger partial charge in [-0.2, -0.15) is 0 Å². The second-order valence-electron chi connectivity index (χ2n) is 8.60. The molecule has 2 amide bonds. The van der Waals surface area contributed by atoms with Gasteiger partial charge in [-0.3, -0.25) is 14.9 Å². The molecule has 2 aliphatic heterocycles. The molecule has 3 aromatic heterocycles. The minimum Gasteiger partial charge on any atom is -0.484 e. The molecule has 176 valence electrons. The first-order valence-corrected chi connectivity index (χ1v) is 11.6. The Morgan fingerprint density at radius 2 is 2.14 bits per heavy atom. The molecule has 1 N–H and O–H groups in total. The number of halogens is 2. The summed E-state index contributed by atoms with van der Waals surface area (Å²) < 4.78 is 25.7. The molecule has 5 heterocycles. The first-order valence-electron chi connectivity index (χ1n) is 11.2. The van der Waals surface area contributed by atoms with Crippen LogP contribution in [0.2, 0.25) is 5.02 Å². The van der Waals surface area contributed by atoms with E-state index in [-0.39, 0.29) is 18.3 Å². The molecule has 1 atom stereocenters. The van der Waals surface area contributed by atoms with Crippen molar-refractivity contribution in [3.8, 4) is 17.0 Å². The predicted octanol–water partition coefficient (Wildman–Crippen LogP) is 6.46. The van der Waals surface area contributed by atoms with Gasteiger partial charge in [0, 0.05) is 29.6 Å². The summed E-state index contributed by atoms with van der Waals surface area (Å²) in [5.41, 5.74) is 5.58. The Balaban J connectivity index is 1.36. The zero-order valence-electron chi connectivity index (χ0n) is 18.7. The number of amides is 2. The normalized spacial score (nSPS) is 16.8. The maximum absolute atomic E-state index is 14.3. The van der Waals surface area contributed by atoms with E-state index in [0.29, 0.717) is 34.3 Å². The standard InChI is InChI=1S/C26H20ClFN4O3/c1-14-9-15-4-5-21(25-19(28)3-2-7-29-25)35-22(15)10-20(14)32-12-17-18(27)11-30-23(16-6-8-34-13-16)24(17)31-26(32)33/h2-3,6-11,13,21H,4-5,12H2,1H3,(H,31,33). The average molecular weight is 491 g/mol. The van der Waals surface area contributed by atoms with Crippen molar-refractivity contribution >= 4 is 29.0 Å². The van der Waals surface area contributed by atoms with Gasteiger partial charge < -0.3 is 14.5 Å². The number of urea groups is 1. The highest BCUT2D eigenvalue weighted by atomic mass is 35.5. The van der Waals surface area contributed by atoms with E-state index in [1.807, 2.05) is 19.1 Å². The van der Waals surface area contributed by atoms with E-state index in [4.69, 9.17) is 20.8 Å². The van der Waals surface area contributed by atoms with Crippen molar-refractivity contribution in [1.29, 1.82) is 0 Å². The molecular weight excluding hydrogens is 471 g/mol. The minimum atomic E-state index is -0.492. The number of nitrogens with one attached hydrogen (secondary N) is 1. The van der Waals surface area contributed by atoms with Crippen LogP contribution in [0.4, 0.5) is 20.6 Å². The third kappa shape index (κ3) is 3.70. The number of benzene rings is 1. The van der Waals surface area contributed by atoms with Crippen LogP contribution in [0.25, 0.3) is 11.3 Å². The molecule has 9 heteroatoms. The Bertz CT molecular complexity index is 1460. The van der Waals surface area contributed by atoms with Gasteiger partial charge in [-0.05, 0) is 49.1 Å². The Labute approximate surface area is 205 Å². The first kappa shape index (κ1) is 21.6. The van der Waals surface area contributed by atoms with Crippen molar-refractivity contribution < 1.29 is 18.3 Å². The number of aromatic nitrogens is 2. The lowest BCUT2D eigenvalue weighted by molar-refractivity contribution is 0.167. The van der Waals surface area contributed by atoms with Crippen molar-refractivity contribution in [2.45, 2.75) is 32.4 Å². The summed E-state index contributed by atoms with van der Waals surface area (Å²) in [6, 6.07) is 8.27. The molecule has 6 rings (SSSR count). The molecule has 0 fully saturated rings. The van der Waals surface area contributed by atoms with Gasteiger partial charge in [0.15, 0.2) is 0 Å². The van der Waals surface area contributed by atoms with Crippen LogP contribution in [0.15, 0.2) is 59.7 Å². The molecule has 35 heavy (non-hydrogen) atoms. The molecule has 1 aromatic carbocycles. The van der Waals surface area contributed by atoms with Gasteiger partial charge in [-0.25, -0.2) is 9.18 Å². The Morgan fingerprint density at radius 3 is 2.94 bits per heavy atom. The van der Waals surface area contributed by atoms with E-state index in [1.165, 1.54) is 6.07 Å². The SMILES string of the molecule is Cc1cc2c(cc1N1Cc3c(Cl)cnc(-c4ccoc4)c3NC1=O)OC(c1ncccc1F)CC2. The van der Waals surface area contributed by atoms with E-state index in [0.717, 1.165) is 28.7 Å². The Hall–Kier alpha value is -3.91.